The van der Waals surface area contributed by atoms with Crippen molar-refractivity contribution in [2.24, 2.45) is 0 Å². The van der Waals surface area contributed by atoms with Crippen LogP contribution in [0.1, 0.15) is 11.3 Å². The van der Waals surface area contributed by atoms with Crippen LogP contribution in [0.5, 0.6) is 5.75 Å². The van der Waals surface area contributed by atoms with E-state index < -0.39 is 40.7 Å². The number of nitro groups is 1. The van der Waals surface area contributed by atoms with Crippen LogP contribution in [0.15, 0.2) is 6.20 Å². The Kier molecular flexibility index (Phi) is 3.92. The van der Waals surface area contributed by atoms with Crippen molar-refractivity contribution in [1.29, 1.82) is 0 Å². The molecule has 1 aromatic rings. The second kappa shape index (κ2) is 5.08. The number of alkyl halides is 3. The molecule has 19 heavy (non-hydrogen) atoms. The van der Waals surface area contributed by atoms with Gasteiger partial charge in [-0.1, -0.05) is 0 Å². The van der Waals surface area contributed by atoms with Crippen molar-refractivity contribution in [1.82, 2.24) is 4.98 Å². The van der Waals surface area contributed by atoms with Gasteiger partial charge in [-0.3, -0.25) is 19.9 Å². The Labute approximate surface area is 103 Å². The molecule has 0 amide bonds. The molecular weight excluding hydrogens is 273 g/mol. The Morgan fingerprint density at radius 2 is 2.16 bits per heavy atom. The minimum Gasteiger partial charge on any atom is -0.481 e. The monoisotopic (exact) mass is 280 g/mol. The lowest BCUT2D eigenvalue weighted by atomic mass is 10.1. The SMILES string of the molecule is Cc1ncc(CC(=O)O)c(OC(F)(F)F)c1[N+](=O)[O-]. The van der Waals surface area contributed by atoms with E-state index in [-0.39, 0.29) is 5.69 Å². The van der Waals surface area contributed by atoms with E-state index >= 15 is 0 Å². The van der Waals surface area contributed by atoms with E-state index in [1.54, 1.807) is 0 Å². The first-order chi connectivity index (χ1) is 8.61. The summed E-state index contributed by atoms with van der Waals surface area (Å²) in [5.41, 5.74) is -1.84. The first kappa shape index (κ1) is 14.7. The van der Waals surface area contributed by atoms with Crippen LogP contribution in [-0.2, 0) is 11.2 Å². The molecule has 7 nitrogen and oxygen atoms in total. The van der Waals surface area contributed by atoms with Gasteiger partial charge in [0.1, 0.15) is 5.69 Å². The molecule has 1 N–H and O–H groups in total. The number of aryl methyl sites for hydroxylation is 1. The third-order valence-corrected chi connectivity index (χ3v) is 2.01. The highest BCUT2D eigenvalue weighted by Gasteiger charge is 2.37. The number of halogens is 3. The molecule has 0 radical (unpaired) electrons. The maximum absolute atomic E-state index is 12.2. The maximum atomic E-state index is 12.2. The number of hydrogen-bond donors (Lipinski definition) is 1. The molecule has 0 fully saturated rings. The van der Waals surface area contributed by atoms with E-state index in [1.807, 2.05) is 0 Å². The van der Waals surface area contributed by atoms with E-state index in [0.29, 0.717) is 0 Å². The van der Waals surface area contributed by atoms with Crippen LogP contribution in [0.3, 0.4) is 0 Å². The second-order valence-corrected chi connectivity index (χ2v) is 3.42. The molecule has 0 atom stereocenters. The fourth-order valence-corrected chi connectivity index (χ4v) is 1.34. The molecule has 1 aromatic heterocycles. The van der Waals surface area contributed by atoms with Gasteiger partial charge in [-0.25, -0.2) is 0 Å². The van der Waals surface area contributed by atoms with Crippen LogP contribution in [0.4, 0.5) is 18.9 Å². The van der Waals surface area contributed by atoms with Crippen molar-refractivity contribution in [3.63, 3.8) is 0 Å². The number of rotatable bonds is 4. The molecular formula is C9H7F3N2O5. The summed E-state index contributed by atoms with van der Waals surface area (Å²) >= 11 is 0. The Morgan fingerprint density at radius 1 is 1.58 bits per heavy atom. The molecule has 0 saturated carbocycles. The molecule has 0 spiro atoms. The van der Waals surface area contributed by atoms with Crippen LogP contribution in [0, 0.1) is 17.0 Å². The Morgan fingerprint density at radius 3 is 2.58 bits per heavy atom. The van der Waals surface area contributed by atoms with E-state index in [4.69, 9.17) is 5.11 Å². The van der Waals surface area contributed by atoms with Gasteiger partial charge in [0.2, 0.25) is 5.75 Å². The fraction of sp³-hybridized carbons (Fsp3) is 0.333. The Balaban J connectivity index is 3.44. The van der Waals surface area contributed by atoms with Crippen LogP contribution >= 0.6 is 0 Å². The van der Waals surface area contributed by atoms with Crippen molar-refractivity contribution in [3.05, 3.63) is 27.6 Å². The summed E-state index contributed by atoms with van der Waals surface area (Å²) < 4.78 is 40.2. The molecule has 0 unspecified atom stereocenters. The van der Waals surface area contributed by atoms with Gasteiger partial charge in [0.05, 0.1) is 11.3 Å². The molecule has 0 bridgehead atoms. The highest BCUT2D eigenvalue weighted by molar-refractivity contribution is 5.72. The molecule has 0 aliphatic rings. The zero-order valence-electron chi connectivity index (χ0n) is 9.39. The molecule has 0 aromatic carbocycles. The van der Waals surface area contributed by atoms with Gasteiger partial charge in [-0.15, -0.1) is 13.2 Å². The Bertz CT molecular complexity index is 529. The number of carboxylic acid groups (broad SMARTS) is 1. The topological polar surface area (TPSA) is 103 Å². The fourth-order valence-electron chi connectivity index (χ4n) is 1.34. The molecule has 0 saturated heterocycles. The number of pyridine rings is 1. The van der Waals surface area contributed by atoms with Crippen LogP contribution < -0.4 is 4.74 Å². The number of ether oxygens (including phenoxy) is 1. The Hall–Kier alpha value is -2.39. The summed E-state index contributed by atoms with van der Waals surface area (Å²) in [6.45, 7) is 1.12. The average molecular weight is 280 g/mol. The zero-order chi connectivity index (χ0) is 14.8. The van der Waals surface area contributed by atoms with E-state index in [2.05, 4.69) is 9.72 Å². The summed E-state index contributed by atoms with van der Waals surface area (Å²) in [5.74, 6) is -2.61. The average Bonchev–Trinajstić information content (AvgIpc) is 2.18. The van der Waals surface area contributed by atoms with Crippen LogP contribution in [0.25, 0.3) is 0 Å². The lowest BCUT2D eigenvalue weighted by Gasteiger charge is -2.13. The number of carbonyl (C=O) groups is 1. The van der Waals surface area contributed by atoms with Gasteiger partial charge in [0.25, 0.3) is 0 Å². The summed E-state index contributed by atoms with van der Waals surface area (Å²) in [5, 5.41) is 19.3. The van der Waals surface area contributed by atoms with E-state index in [0.717, 1.165) is 13.1 Å². The number of nitrogens with zero attached hydrogens (tertiary/aromatic N) is 2. The summed E-state index contributed by atoms with van der Waals surface area (Å²) in [4.78, 5) is 23.6. The van der Waals surface area contributed by atoms with Crippen molar-refractivity contribution in [3.8, 4) is 5.75 Å². The second-order valence-electron chi connectivity index (χ2n) is 3.42. The van der Waals surface area contributed by atoms with E-state index in [1.165, 1.54) is 0 Å². The van der Waals surface area contributed by atoms with Gasteiger partial charge in [-0.2, -0.15) is 0 Å². The number of hydrogen-bond acceptors (Lipinski definition) is 5. The highest BCUT2D eigenvalue weighted by atomic mass is 19.4. The molecule has 10 heteroatoms. The number of aliphatic carboxylic acids is 1. The third-order valence-electron chi connectivity index (χ3n) is 2.01. The summed E-state index contributed by atoms with van der Waals surface area (Å²) in [7, 11) is 0. The third kappa shape index (κ3) is 3.79. The van der Waals surface area contributed by atoms with Gasteiger partial charge in [0, 0.05) is 11.8 Å². The minimum atomic E-state index is -5.17. The molecule has 0 aliphatic heterocycles. The van der Waals surface area contributed by atoms with Crippen molar-refractivity contribution in [2.45, 2.75) is 19.7 Å². The zero-order valence-corrected chi connectivity index (χ0v) is 9.39. The quantitative estimate of drug-likeness (QED) is 0.666. The van der Waals surface area contributed by atoms with E-state index in [9.17, 15) is 28.1 Å². The van der Waals surface area contributed by atoms with Crippen molar-refractivity contribution >= 4 is 11.7 Å². The standard InChI is InChI=1S/C9H7F3N2O5/c1-4-7(14(17)18)8(19-9(10,11)12)5(3-13-4)2-6(15)16/h3H,2H2,1H3,(H,15,16). The normalized spacial score (nSPS) is 11.2. The predicted molar refractivity (Wildman–Crippen MR) is 53.7 cm³/mol. The van der Waals surface area contributed by atoms with Crippen LogP contribution in [0.2, 0.25) is 0 Å². The summed E-state index contributed by atoms with van der Waals surface area (Å²) in [6.07, 6.45) is -5.25. The largest absolute Gasteiger partial charge is 0.573 e. The molecule has 1 heterocycles. The first-order valence-electron chi connectivity index (χ1n) is 4.72. The van der Waals surface area contributed by atoms with Crippen molar-refractivity contribution in [2.75, 3.05) is 0 Å². The van der Waals surface area contributed by atoms with Gasteiger partial charge >= 0.3 is 18.0 Å². The first-order valence-corrected chi connectivity index (χ1v) is 4.72. The van der Waals surface area contributed by atoms with Crippen molar-refractivity contribution < 1.29 is 32.7 Å². The maximum Gasteiger partial charge on any atom is 0.573 e. The number of aromatic nitrogens is 1. The van der Waals surface area contributed by atoms with Gasteiger partial charge in [-0.05, 0) is 6.92 Å². The molecule has 0 aliphatic carbocycles. The minimum absolute atomic E-state index is 0.307. The smallest absolute Gasteiger partial charge is 0.481 e. The number of carboxylic acids is 1. The highest BCUT2D eigenvalue weighted by Crippen LogP contribution is 2.36. The van der Waals surface area contributed by atoms with Crippen LogP contribution in [-0.4, -0.2) is 27.3 Å². The molecule has 1 rings (SSSR count). The summed E-state index contributed by atoms with van der Waals surface area (Å²) in [6, 6.07) is 0. The predicted octanol–water partition coefficient (Wildman–Crippen LogP) is 1.82. The van der Waals surface area contributed by atoms with Gasteiger partial charge in [0.15, 0.2) is 0 Å². The molecule has 104 valence electrons. The van der Waals surface area contributed by atoms with Gasteiger partial charge < -0.3 is 9.84 Å². The lowest BCUT2D eigenvalue weighted by molar-refractivity contribution is -0.389. The lowest BCUT2D eigenvalue weighted by Crippen LogP contribution is -2.20.